The molecule has 0 spiro atoms. The molecule has 0 aliphatic heterocycles. The Hall–Kier alpha value is -2.82. The van der Waals surface area contributed by atoms with Crippen LogP contribution in [0.15, 0.2) is 59.8 Å². The van der Waals surface area contributed by atoms with E-state index < -0.39 is 10.0 Å². The summed E-state index contributed by atoms with van der Waals surface area (Å²) in [6.45, 7) is 0.701. The second-order valence-corrected chi connectivity index (χ2v) is 8.45. The molecule has 0 fully saturated rings. The third-order valence-electron chi connectivity index (χ3n) is 4.31. The van der Waals surface area contributed by atoms with Crippen LogP contribution in [-0.2, 0) is 27.9 Å². The third kappa shape index (κ3) is 6.08. The highest BCUT2D eigenvalue weighted by Crippen LogP contribution is 2.23. The summed E-state index contributed by atoms with van der Waals surface area (Å²) < 4.78 is 24.2. The SMILES string of the molecule is NS(=O)(=O)c1ccc(CNC(=O)C[C@@H](Cn2cnnn2)c2ccc(Cl)cc2)cc1. The number of nitrogens with two attached hydrogens (primary N) is 1. The molecule has 0 unspecified atom stereocenters. The van der Waals surface area contributed by atoms with Crippen molar-refractivity contribution in [3.8, 4) is 0 Å². The second kappa shape index (κ2) is 9.12. The average molecular weight is 435 g/mol. The van der Waals surface area contributed by atoms with Crippen molar-refractivity contribution < 1.29 is 13.2 Å². The Morgan fingerprint density at radius 2 is 1.83 bits per heavy atom. The molecule has 3 aromatic rings. The number of sulfonamides is 1. The predicted molar refractivity (Wildman–Crippen MR) is 106 cm³/mol. The molecular formula is C18H19ClN6O3S. The van der Waals surface area contributed by atoms with Gasteiger partial charge in [0, 0.05) is 23.9 Å². The molecule has 0 saturated carbocycles. The predicted octanol–water partition coefficient (Wildman–Crippen LogP) is 1.46. The fraction of sp³-hybridized carbons (Fsp3) is 0.222. The molecule has 11 heteroatoms. The number of hydrogen-bond donors (Lipinski definition) is 2. The molecule has 0 radical (unpaired) electrons. The van der Waals surface area contributed by atoms with Crippen molar-refractivity contribution in [2.75, 3.05) is 0 Å². The zero-order valence-corrected chi connectivity index (χ0v) is 16.8. The number of carbonyl (C=O) groups excluding carboxylic acids is 1. The van der Waals surface area contributed by atoms with E-state index in [0.29, 0.717) is 11.6 Å². The van der Waals surface area contributed by atoms with Crippen molar-refractivity contribution in [2.24, 2.45) is 5.14 Å². The van der Waals surface area contributed by atoms with Gasteiger partial charge in [-0.3, -0.25) is 4.79 Å². The number of tetrazole rings is 1. The van der Waals surface area contributed by atoms with E-state index in [-0.39, 0.29) is 29.7 Å². The normalized spacial score (nSPS) is 12.5. The van der Waals surface area contributed by atoms with Crippen LogP contribution in [0.3, 0.4) is 0 Å². The molecule has 3 N–H and O–H groups in total. The lowest BCUT2D eigenvalue weighted by Gasteiger charge is -2.17. The van der Waals surface area contributed by atoms with Gasteiger partial charge in [-0.1, -0.05) is 35.9 Å². The van der Waals surface area contributed by atoms with Gasteiger partial charge in [-0.2, -0.15) is 0 Å². The number of benzene rings is 2. The summed E-state index contributed by atoms with van der Waals surface area (Å²) in [7, 11) is -3.74. The summed E-state index contributed by atoms with van der Waals surface area (Å²) in [5, 5.41) is 19.6. The van der Waals surface area contributed by atoms with Crippen molar-refractivity contribution in [1.82, 2.24) is 25.5 Å². The maximum atomic E-state index is 12.5. The van der Waals surface area contributed by atoms with E-state index in [2.05, 4.69) is 20.8 Å². The van der Waals surface area contributed by atoms with Gasteiger partial charge in [-0.25, -0.2) is 18.2 Å². The smallest absolute Gasteiger partial charge is 0.238 e. The van der Waals surface area contributed by atoms with Gasteiger partial charge >= 0.3 is 0 Å². The Bertz CT molecular complexity index is 1050. The average Bonchev–Trinajstić information content (AvgIpc) is 3.19. The molecule has 0 saturated heterocycles. The van der Waals surface area contributed by atoms with Crippen LogP contribution in [-0.4, -0.2) is 34.5 Å². The van der Waals surface area contributed by atoms with Crippen molar-refractivity contribution in [3.05, 3.63) is 71.0 Å². The number of rotatable bonds is 8. The topological polar surface area (TPSA) is 133 Å². The number of nitrogens with zero attached hydrogens (tertiary/aromatic N) is 4. The quantitative estimate of drug-likeness (QED) is 0.551. The number of nitrogens with one attached hydrogen (secondary N) is 1. The summed E-state index contributed by atoms with van der Waals surface area (Å²) in [4.78, 5) is 12.5. The summed E-state index contributed by atoms with van der Waals surface area (Å²) >= 11 is 5.96. The van der Waals surface area contributed by atoms with Crippen molar-refractivity contribution in [1.29, 1.82) is 0 Å². The molecule has 1 amide bonds. The highest BCUT2D eigenvalue weighted by atomic mass is 35.5. The molecule has 0 aliphatic rings. The van der Waals surface area contributed by atoms with Gasteiger partial charge in [0.2, 0.25) is 15.9 Å². The van der Waals surface area contributed by atoms with Crippen LogP contribution < -0.4 is 10.5 Å². The first kappa shape index (κ1) is 20.9. The highest BCUT2D eigenvalue weighted by Gasteiger charge is 2.18. The standard InChI is InChI=1S/C18H19ClN6O3S/c19-16-5-3-14(4-6-16)15(11-25-12-22-23-24-25)9-18(26)21-10-13-1-7-17(8-2-13)29(20,27)28/h1-8,12,15H,9-11H2,(H,21,26)(H2,20,27,28)/t15-/m0/s1. The maximum Gasteiger partial charge on any atom is 0.238 e. The van der Waals surface area contributed by atoms with Crippen LogP contribution in [0.2, 0.25) is 5.02 Å². The first-order valence-electron chi connectivity index (χ1n) is 8.66. The van der Waals surface area contributed by atoms with Crippen LogP contribution in [0.4, 0.5) is 0 Å². The minimum atomic E-state index is -3.74. The van der Waals surface area contributed by atoms with E-state index in [4.69, 9.17) is 16.7 Å². The van der Waals surface area contributed by atoms with E-state index in [1.165, 1.54) is 18.5 Å². The number of aromatic nitrogens is 4. The largest absolute Gasteiger partial charge is 0.352 e. The van der Waals surface area contributed by atoms with E-state index >= 15 is 0 Å². The summed E-state index contributed by atoms with van der Waals surface area (Å²) in [6.07, 6.45) is 1.71. The molecule has 29 heavy (non-hydrogen) atoms. The zero-order chi connectivity index (χ0) is 20.9. The van der Waals surface area contributed by atoms with Gasteiger partial charge in [-0.05, 0) is 45.8 Å². The molecule has 9 nitrogen and oxygen atoms in total. The van der Waals surface area contributed by atoms with Gasteiger partial charge in [0.25, 0.3) is 0 Å². The lowest BCUT2D eigenvalue weighted by molar-refractivity contribution is -0.121. The van der Waals surface area contributed by atoms with Gasteiger partial charge < -0.3 is 5.32 Å². The molecule has 1 atom stereocenters. The van der Waals surface area contributed by atoms with E-state index in [1.54, 1.807) is 28.9 Å². The van der Waals surface area contributed by atoms with Crippen molar-refractivity contribution in [2.45, 2.75) is 30.3 Å². The fourth-order valence-electron chi connectivity index (χ4n) is 2.81. The van der Waals surface area contributed by atoms with Crippen LogP contribution in [0.25, 0.3) is 0 Å². The van der Waals surface area contributed by atoms with Gasteiger partial charge in [-0.15, -0.1) is 5.10 Å². The summed E-state index contributed by atoms with van der Waals surface area (Å²) in [5.41, 5.74) is 1.70. The number of hydrogen-bond acceptors (Lipinski definition) is 6. The van der Waals surface area contributed by atoms with Crippen LogP contribution in [0.5, 0.6) is 0 Å². The lowest BCUT2D eigenvalue weighted by atomic mass is 9.95. The third-order valence-corrected chi connectivity index (χ3v) is 5.49. The monoisotopic (exact) mass is 434 g/mol. The first-order chi connectivity index (χ1) is 13.8. The minimum absolute atomic E-state index is 0.0248. The zero-order valence-electron chi connectivity index (χ0n) is 15.3. The summed E-state index contributed by atoms with van der Waals surface area (Å²) in [6, 6.07) is 13.3. The molecule has 0 aliphatic carbocycles. The molecule has 2 aromatic carbocycles. The Morgan fingerprint density at radius 1 is 1.14 bits per heavy atom. The van der Waals surface area contributed by atoms with Crippen LogP contribution in [0.1, 0.15) is 23.5 Å². The Balaban J connectivity index is 1.64. The van der Waals surface area contributed by atoms with Gasteiger partial charge in [0.15, 0.2) is 0 Å². The minimum Gasteiger partial charge on any atom is -0.352 e. The number of carbonyl (C=O) groups is 1. The Kier molecular flexibility index (Phi) is 6.57. The van der Waals surface area contributed by atoms with E-state index in [1.807, 2.05) is 12.1 Å². The van der Waals surface area contributed by atoms with Gasteiger partial charge in [0.05, 0.1) is 11.4 Å². The number of halogens is 1. The Morgan fingerprint density at radius 3 is 2.41 bits per heavy atom. The second-order valence-electron chi connectivity index (χ2n) is 6.45. The van der Waals surface area contributed by atoms with E-state index in [9.17, 15) is 13.2 Å². The molecule has 152 valence electrons. The number of primary sulfonamides is 1. The first-order valence-corrected chi connectivity index (χ1v) is 10.6. The van der Waals surface area contributed by atoms with Crippen molar-refractivity contribution >= 4 is 27.5 Å². The fourth-order valence-corrected chi connectivity index (χ4v) is 3.45. The molecule has 3 rings (SSSR count). The number of amides is 1. The van der Waals surface area contributed by atoms with Crippen molar-refractivity contribution in [3.63, 3.8) is 0 Å². The van der Waals surface area contributed by atoms with Crippen LogP contribution >= 0.6 is 11.6 Å². The molecule has 0 bridgehead atoms. The lowest BCUT2D eigenvalue weighted by Crippen LogP contribution is -2.26. The van der Waals surface area contributed by atoms with E-state index in [0.717, 1.165) is 11.1 Å². The Labute approximate surface area is 172 Å². The summed E-state index contributed by atoms with van der Waals surface area (Å²) in [5.74, 6) is -0.311. The molecular weight excluding hydrogens is 416 g/mol. The van der Waals surface area contributed by atoms with Crippen LogP contribution in [0, 0.1) is 0 Å². The highest BCUT2D eigenvalue weighted by molar-refractivity contribution is 7.89. The maximum absolute atomic E-state index is 12.5. The molecule has 1 heterocycles. The molecule has 1 aromatic heterocycles. The van der Waals surface area contributed by atoms with Gasteiger partial charge in [0.1, 0.15) is 6.33 Å².